The Morgan fingerprint density at radius 1 is 1.07 bits per heavy atom. The minimum Gasteiger partial charge on any atom is -0.492 e. The van der Waals surface area contributed by atoms with Crippen LogP contribution in [0.15, 0.2) is 54.9 Å². The van der Waals surface area contributed by atoms with Gasteiger partial charge in [-0.25, -0.2) is 4.98 Å². The SMILES string of the molecule is Cc1ccc(C(c2sc3ncnn3c2O)N2CCc3ccccc3C2)cc1. The van der Waals surface area contributed by atoms with Crippen molar-refractivity contribution in [2.24, 2.45) is 0 Å². The van der Waals surface area contributed by atoms with Crippen LogP contribution in [-0.2, 0) is 13.0 Å². The van der Waals surface area contributed by atoms with E-state index in [4.69, 9.17) is 0 Å². The molecule has 0 aliphatic carbocycles. The molecule has 0 bridgehead atoms. The second-order valence-electron chi connectivity index (χ2n) is 7.05. The Bertz CT molecular complexity index is 1100. The number of aromatic nitrogens is 3. The van der Waals surface area contributed by atoms with Crippen LogP contribution in [0.2, 0.25) is 0 Å². The standard InChI is InChI=1S/C21H20N4OS/c1-14-6-8-16(9-7-14)18(19-20(26)25-21(27-19)22-13-23-25)24-11-10-15-4-2-3-5-17(15)12-24/h2-9,13,18,26H,10-12H2,1H3. The molecular weight excluding hydrogens is 356 g/mol. The summed E-state index contributed by atoms with van der Waals surface area (Å²) in [7, 11) is 0. The Labute approximate surface area is 161 Å². The number of thiazole rings is 1. The fourth-order valence-electron chi connectivity index (χ4n) is 3.89. The van der Waals surface area contributed by atoms with Gasteiger partial charge < -0.3 is 5.11 Å². The first kappa shape index (κ1) is 16.5. The number of aryl methyl sites for hydroxylation is 1. The fourth-order valence-corrected chi connectivity index (χ4v) is 4.98. The first-order valence-corrected chi connectivity index (χ1v) is 9.91. The molecule has 6 heteroatoms. The summed E-state index contributed by atoms with van der Waals surface area (Å²) in [4.78, 5) is 8.32. The summed E-state index contributed by atoms with van der Waals surface area (Å²) in [6.07, 6.45) is 2.49. The summed E-state index contributed by atoms with van der Waals surface area (Å²) in [5, 5.41) is 15.0. The van der Waals surface area contributed by atoms with Gasteiger partial charge in [0.2, 0.25) is 10.8 Å². The molecule has 0 radical (unpaired) electrons. The van der Waals surface area contributed by atoms with Crippen molar-refractivity contribution in [1.29, 1.82) is 0 Å². The lowest BCUT2D eigenvalue weighted by molar-refractivity contribution is 0.205. The zero-order chi connectivity index (χ0) is 18.4. The van der Waals surface area contributed by atoms with Gasteiger partial charge in [0, 0.05) is 13.1 Å². The highest BCUT2D eigenvalue weighted by Crippen LogP contribution is 2.41. The smallest absolute Gasteiger partial charge is 0.230 e. The largest absolute Gasteiger partial charge is 0.492 e. The van der Waals surface area contributed by atoms with E-state index in [0.717, 1.165) is 29.3 Å². The Hall–Kier alpha value is -2.70. The summed E-state index contributed by atoms with van der Waals surface area (Å²) in [6, 6.07) is 17.2. The van der Waals surface area contributed by atoms with Gasteiger partial charge in [-0.2, -0.15) is 9.61 Å². The van der Waals surface area contributed by atoms with Crippen molar-refractivity contribution in [2.45, 2.75) is 25.9 Å². The molecule has 1 aliphatic rings. The Morgan fingerprint density at radius 2 is 1.85 bits per heavy atom. The normalized spacial score (nSPS) is 15.7. The maximum Gasteiger partial charge on any atom is 0.230 e. The molecule has 0 spiro atoms. The second-order valence-corrected chi connectivity index (χ2v) is 8.06. The second kappa shape index (κ2) is 6.48. The minimum absolute atomic E-state index is 0.0209. The van der Waals surface area contributed by atoms with Gasteiger partial charge in [0.1, 0.15) is 6.33 Å². The van der Waals surface area contributed by atoms with Gasteiger partial charge in [-0.3, -0.25) is 4.90 Å². The lowest BCUT2D eigenvalue weighted by atomic mass is 9.95. The summed E-state index contributed by atoms with van der Waals surface area (Å²) < 4.78 is 1.53. The van der Waals surface area contributed by atoms with E-state index in [9.17, 15) is 5.11 Å². The number of aromatic hydroxyl groups is 1. The molecule has 2 aromatic carbocycles. The lowest BCUT2D eigenvalue weighted by Crippen LogP contribution is -2.34. The maximum absolute atomic E-state index is 10.8. The van der Waals surface area contributed by atoms with Crippen molar-refractivity contribution in [3.8, 4) is 5.88 Å². The molecular formula is C21H20N4OS. The Kier molecular flexibility index (Phi) is 3.95. The third kappa shape index (κ3) is 2.81. The van der Waals surface area contributed by atoms with Crippen LogP contribution in [0.3, 0.4) is 0 Å². The van der Waals surface area contributed by atoms with Crippen molar-refractivity contribution >= 4 is 16.3 Å². The van der Waals surface area contributed by atoms with Gasteiger partial charge in [-0.05, 0) is 30.0 Å². The summed E-state index contributed by atoms with van der Waals surface area (Å²) >= 11 is 1.51. The maximum atomic E-state index is 10.8. The molecule has 3 heterocycles. The third-order valence-electron chi connectivity index (χ3n) is 5.31. The first-order valence-electron chi connectivity index (χ1n) is 9.09. The average molecular weight is 376 g/mol. The summed E-state index contributed by atoms with van der Waals surface area (Å²) in [5.74, 6) is 0.192. The Morgan fingerprint density at radius 3 is 2.63 bits per heavy atom. The molecule has 1 aliphatic heterocycles. The zero-order valence-electron chi connectivity index (χ0n) is 15.0. The molecule has 136 valence electrons. The summed E-state index contributed by atoms with van der Waals surface area (Å²) in [6.45, 7) is 3.90. The van der Waals surface area contributed by atoms with E-state index >= 15 is 0 Å². The van der Waals surface area contributed by atoms with Gasteiger partial charge >= 0.3 is 0 Å². The fraction of sp³-hybridized carbons (Fsp3) is 0.238. The molecule has 27 heavy (non-hydrogen) atoms. The van der Waals surface area contributed by atoms with E-state index in [1.165, 1.54) is 44.4 Å². The topological polar surface area (TPSA) is 53.7 Å². The van der Waals surface area contributed by atoms with Crippen LogP contribution in [0, 0.1) is 6.92 Å². The van der Waals surface area contributed by atoms with Crippen LogP contribution < -0.4 is 0 Å². The van der Waals surface area contributed by atoms with Crippen LogP contribution in [0.5, 0.6) is 5.88 Å². The van der Waals surface area contributed by atoms with Gasteiger partial charge in [0.25, 0.3) is 0 Å². The number of fused-ring (bicyclic) bond motifs is 2. The number of nitrogens with zero attached hydrogens (tertiary/aromatic N) is 4. The number of hydrogen-bond donors (Lipinski definition) is 1. The minimum atomic E-state index is -0.0209. The molecule has 1 N–H and O–H groups in total. The lowest BCUT2D eigenvalue weighted by Gasteiger charge is -2.35. The van der Waals surface area contributed by atoms with Crippen molar-refractivity contribution in [3.05, 3.63) is 82.0 Å². The van der Waals surface area contributed by atoms with Gasteiger partial charge in [-0.15, -0.1) is 0 Å². The molecule has 0 saturated heterocycles. The van der Waals surface area contributed by atoms with Gasteiger partial charge in [0.05, 0.1) is 10.9 Å². The average Bonchev–Trinajstić information content (AvgIpc) is 3.27. The van der Waals surface area contributed by atoms with E-state index in [0.29, 0.717) is 0 Å². The van der Waals surface area contributed by atoms with Crippen LogP contribution in [0.25, 0.3) is 4.96 Å². The molecule has 1 atom stereocenters. The summed E-state index contributed by atoms with van der Waals surface area (Å²) in [5.41, 5.74) is 5.19. The van der Waals surface area contributed by atoms with Crippen LogP contribution >= 0.6 is 11.3 Å². The van der Waals surface area contributed by atoms with E-state index in [1.807, 2.05) is 0 Å². The quantitative estimate of drug-likeness (QED) is 0.588. The van der Waals surface area contributed by atoms with E-state index < -0.39 is 0 Å². The highest BCUT2D eigenvalue weighted by Gasteiger charge is 2.31. The third-order valence-corrected chi connectivity index (χ3v) is 6.39. The predicted molar refractivity (Wildman–Crippen MR) is 106 cm³/mol. The van der Waals surface area contributed by atoms with Gasteiger partial charge in [-0.1, -0.05) is 65.4 Å². The number of rotatable bonds is 3. The molecule has 0 amide bonds. The van der Waals surface area contributed by atoms with Crippen LogP contribution in [0.4, 0.5) is 0 Å². The van der Waals surface area contributed by atoms with Gasteiger partial charge in [0.15, 0.2) is 0 Å². The monoisotopic (exact) mass is 376 g/mol. The van der Waals surface area contributed by atoms with E-state index in [2.05, 4.69) is 70.4 Å². The van der Waals surface area contributed by atoms with Crippen molar-refractivity contribution in [1.82, 2.24) is 19.5 Å². The highest BCUT2D eigenvalue weighted by atomic mass is 32.1. The molecule has 4 aromatic rings. The van der Waals surface area contributed by atoms with E-state index in [-0.39, 0.29) is 11.9 Å². The zero-order valence-corrected chi connectivity index (χ0v) is 15.9. The van der Waals surface area contributed by atoms with E-state index in [1.54, 1.807) is 0 Å². The number of hydrogen-bond acceptors (Lipinski definition) is 5. The Balaban J connectivity index is 1.61. The van der Waals surface area contributed by atoms with Crippen LogP contribution in [-0.4, -0.2) is 31.1 Å². The van der Waals surface area contributed by atoms with Crippen molar-refractivity contribution < 1.29 is 5.11 Å². The number of benzene rings is 2. The molecule has 5 rings (SSSR count). The molecule has 0 saturated carbocycles. The first-order chi connectivity index (χ1) is 13.2. The van der Waals surface area contributed by atoms with Crippen LogP contribution in [0.1, 0.15) is 33.2 Å². The molecule has 0 fully saturated rings. The van der Waals surface area contributed by atoms with Crippen molar-refractivity contribution in [3.63, 3.8) is 0 Å². The molecule has 2 aromatic heterocycles. The highest BCUT2D eigenvalue weighted by molar-refractivity contribution is 7.17. The van der Waals surface area contributed by atoms with Crippen molar-refractivity contribution in [2.75, 3.05) is 6.54 Å². The predicted octanol–water partition coefficient (Wildman–Crippen LogP) is 3.95. The molecule has 5 nitrogen and oxygen atoms in total. The molecule has 1 unspecified atom stereocenters.